The molecule has 0 bridgehead atoms. The van der Waals surface area contributed by atoms with Gasteiger partial charge in [-0.3, -0.25) is 4.79 Å². The number of rotatable bonds is 3. The summed E-state index contributed by atoms with van der Waals surface area (Å²) in [5.41, 5.74) is 1.36. The molecule has 0 saturated carbocycles. The number of phenolic OH excluding ortho intramolecular Hbond substituents is 1. The molecule has 1 aromatic heterocycles. The van der Waals surface area contributed by atoms with Crippen LogP contribution in [0.25, 0.3) is 10.4 Å². The van der Waals surface area contributed by atoms with Crippen LogP contribution in [-0.2, 0) is 0 Å². The van der Waals surface area contributed by atoms with E-state index in [1.807, 2.05) is 24.3 Å². The zero-order chi connectivity index (χ0) is 17.2. The number of nitrogens with one attached hydrogen (secondary N) is 1. The second kappa shape index (κ2) is 6.49. The minimum absolute atomic E-state index is 0.0412. The van der Waals surface area contributed by atoms with E-state index in [0.29, 0.717) is 23.8 Å². The van der Waals surface area contributed by atoms with Gasteiger partial charge in [-0.1, -0.05) is 12.1 Å². The number of benzene rings is 2. The maximum Gasteiger partial charge on any atom is 0.265 e. The molecule has 0 unspecified atom stereocenters. The summed E-state index contributed by atoms with van der Waals surface area (Å²) < 4.78 is 11.1. The zero-order valence-corrected chi connectivity index (χ0v) is 14.0. The Morgan fingerprint density at radius 3 is 2.64 bits per heavy atom. The largest absolute Gasteiger partial charge is 0.506 e. The van der Waals surface area contributed by atoms with Crippen molar-refractivity contribution in [2.75, 3.05) is 18.5 Å². The molecule has 1 aliphatic heterocycles. The molecule has 5 nitrogen and oxygen atoms in total. The highest BCUT2D eigenvalue weighted by Crippen LogP contribution is 2.37. The number of aromatic hydroxyl groups is 1. The highest BCUT2D eigenvalue weighted by molar-refractivity contribution is 7.17. The highest BCUT2D eigenvalue weighted by Gasteiger charge is 2.15. The summed E-state index contributed by atoms with van der Waals surface area (Å²) >= 11 is 1.38. The van der Waals surface area contributed by atoms with E-state index in [2.05, 4.69) is 5.32 Å². The smallest absolute Gasteiger partial charge is 0.265 e. The van der Waals surface area contributed by atoms with E-state index < -0.39 is 0 Å². The van der Waals surface area contributed by atoms with Crippen molar-refractivity contribution in [2.45, 2.75) is 0 Å². The maximum absolute atomic E-state index is 12.4. The molecule has 0 saturated heterocycles. The predicted molar refractivity (Wildman–Crippen MR) is 96.8 cm³/mol. The van der Waals surface area contributed by atoms with Crippen molar-refractivity contribution < 1.29 is 19.4 Å². The lowest BCUT2D eigenvalue weighted by atomic mass is 10.1. The normalized spacial score (nSPS) is 12.6. The van der Waals surface area contributed by atoms with Crippen LogP contribution in [0.2, 0.25) is 0 Å². The zero-order valence-electron chi connectivity index (χ0n) is 13.2. The van der Waals surface area contributed by atoms with Gasteiger partial charge < -0.3 is 19.9 Å². The molecule has 25 heavy (non-hydrogen) atoms. The molecule has 0 atom stereocenters. The third-order valence-corrected chi connectivity index (χ3v) is 4.94. The fraction of sp³-hybridized carbons (Fsp3) is 0.105. The first-order chi connectivity index (χ1) is 12.2. The first kappa shape index (κ1) is 15.5. The Hall–Kier alpha value is -2.99. The second-order valence-electron chi connectivity index (χ2n) is 5.49. The number of ether oxygens (including phenoxy) is 2. The molecular formula is C19H15NO4S. The molecule has 126 valence electrons. The van der Waals surface area contributed by atoms with E-state index >= 15 is 0 Å². The molecule has 3 aromatic rings. The lowest BCUT2D eigenvalue weighted by Gasteiger charge is -2.18. The molecule has 1 aliphatic rings. The Kier molecular flexibility index (Phi) is 4.03. The number of hydrogen-bond donors (Lipinski definition) is 2. The molecule has 6 heteroatoms. The molecule has 2 heterocycles. The lowest BCUT2D eigenvalue weighted by Crippen LogP contribution is -2.15. The van der Waals surface area contributed by atoms with Gasteiger partial charge in [0.25, 0.3) is 5.91 Å². The summed E-state index contributed by atoms with van der Waals surface area (Å²) in [5.74, 6) is 1.25. The number of carbonyl (C=O) groups is 1. The van der Waals surface area contributed by atoms with Crippen molar-refractivity contribution in [3.05, 3.63) is 59.5 Å². The number of amides is 1. The van der Waals surface area contributed by atoms with Crippen LogP contribution in [-0.4, -0.2) is 24.2 Å². The van der Waals surface area contributed by atoms with Gasteiger partial charge >= 0.3 is 0 Å². The summed E-state index contributed by atoms with van der Waals surface area (Å²) in [6, 6.07) is 16.1. The Morgan fingerprint density at radius 1 is 1.00 bits per heavy atom. The van der Waals surface area contributed by atoms with Crippen LogP contribution in [0.4, 0.5) is 5.69 Å². The number of para-hydroxylation sites is 2. The average molecular weight is 353 g/mol. The molecular weight excluding hydrogens is 338 g/mol. The first-order valence-corrected chi connectivity index (χ1v) is 8.61. The Labute approximate surface area is 148 Å². The van der Waals surface area contributed by atoms with Crippen LogP contribution in [0, 0.1) is 0 Å². The molecule has 4 rings (SSSR count). The Balaban J connectivity index is 1.56. The van der Waals surface area contributed by atoms with Crippen molar-refractivity contribution in [2.24, 2.45) is 0 Å². The quantitative estimate of drug-likeness (QED) is 0.694. The topological polar surface area (TPSA) is 67.8 Å². The summed E-state index contributed by atoms with van der Waals surface area (Å²) in [6.07, 6.45) is 0. The van der Waals surface area contributed by atoms with Crippen LogP contribution in [0.15, 0.2) is 54.6 Å². The molecule has 0 aliphatic carbocycles. The molecule has 2 N–H and O–H groups in total. The van der Waals surface area contributed by atoms with E-state index in [0.717, 1.165) is 21.9 Å². The van der Waals surface area contributed by atoms with Crippen LogP contribution >= 0.6 is 11.3 Å². The van der Waals surface area contributed by atoms with Gasteiger partial charge in [0.05, 0.1) is 10.6 Å². The predicted octanol–water partition coefficient (Wildman–Crippen LogP) is 4.14. The third kappa shape index (κ3) is 3.16. The third-order valence-electron chi connectivity index (χ3n) is 3.81. The second-order valence-corrected chi connectivity index (χ2v) is 6.58. The van der Waals surface area contributed by atoms with Crippen molar-refractivity contribution in [1.82, 2.24) is 0 Å². The number of fused-ring (bicyclic) bond motifs is 1. The van der Waals surface area contributed by atoms with Crippen LogP contribution in [0.3, 0.4) is 0 Å². The van der Waals surface area contributed by atoms with Gasteiger partial charge in [-0.2, -0.15) is 0 Å². The summed E-state index contributed by atoms with van der Waals surface area (Å²) in [7, 11) is 0. The van der Waals surface area contributed by atoms with Crippen LogP contribution in [0.1, 0.15) is 9.67 Å². The number of hydrogen-bond acceptors (Lipinski definition) is 5. The van der Waals surface area contributed by atoms with Crippen LogP contribution < -0.4 is 14.8 Å². The number of thiophene rings is 1. The van der Waals surface area contributed by atoms with Gasteiger partial charge in [0.2, 0.25) is 0 Å². The van der Waals surface area contributed by atoms with Gasteiger partial charge in [0, 0.05) is 4.88 Å². The fourth-order valence-electron chi connectivity index (χ4n) is 2.57. The van der Waals surface area contributed by atoms with Gasteiger partial charge in [0.15, 0.2) is 11.5 Å². The molecule has 0 fully saturated rings. The van der Waals surface area contributed by atoms with Gasteiger partial charge in [-0.15, -0.1) is 11.3 Å². The van der Waals surface area contributed by atoms with E-state index in [1.54, 1.807) is 24.3 Å². The lowest BCUT2D eigenvalue weighted by molar-refractivity contribution is 0.103. The monoisotopic (exact) mass is 353 g/mol. The summed E-state index contributed by atoms with van der Waals surface area (Å²) in [5, 5.41) is 12.5. The number of phenols is 1. The minimum atomic E-state index is -0.254. The molecule has 2 aromatic carbocycles. The van der Waals surface area contributed by atoms with Gasteiger partial charge in [-0.05, 0) is 48.0 Å². The van der Waals surface area contributed by atoms with E-state index in [-0.39, 0.29) is 11.7 Å². The highest BCUT2D eigenvalue weighted by atomic mass is 32.1. The van der Waals surface area contributed by atoms with E-state index in [9.17, 15) is 9.90 Å². The van der Waals surface area contributed by atoms with Gasteiger partial charge in [0.1, 0.15) is 19.0 Å². The van der Waals surface area contributed by atoms with Crippen LogP contribution in [0.5, 0.6) is 17.2 Å². The van der Waals surface area contributed by atoms with Crippen molar-refractivity contribution >= 4 is 22.9 Å². The average Bonchev–Trinajstić information content (AvgIpc) is 3.13. The molecule has 1 amide bonds. The van der Waals surface area contributed by atoms with Crippen molar-refractivity contribution in [3.63, 3.8) is 0 Å². The standard InChI is InChI=1S/C19H15NO4S/c21-14-4-2-1-3-13(14)20-19(22)18-8-7-17(25-18)12-5-6-15-16(11-12)24-10-9-23-15/h1-8,11,21H,9-10H2,(H,20,22). The SMILES string of the molecule is O=C(Nc1ccccc1O)c1ccc(-c2ccc3c(c2)OCCO3)s1. The molecule has 0 spiro atoms. The number of carbonyl (C=O) groups excluding carboxylic acids is 1. The molecule has 0 radical (unpaired) electrons. The van der Waals surface area contributed by atoms with Crippen molar-refractivity contribution in [3.8, 4) is 27.7 Å². The van der Waals surface area contributed by atoms with E-state index in [4.69, 9.17) is 9.47 Å². The summed E-state index contributed by atoms with van der Waals surface area (Å²) in [6.45, 7) is 1.09. The van der Waals surface area contributed by atoms with Crippen molar-refractivity contribution in [1.29, 1.82) is 0 Å². The fourth-order valence-corrected chi connectivity index (χ4v) is 3.47. The minimum Gasteiger partial charge on any atom is -0.506 e. The maximum atomic E-state index is 12.4. The van der Waals surface area contributed by atoms with Gasteiger partial charge in [-0.25, -0.2) is 0 Å². The summed E-state index contributed by atoms with van der Waals surface area (Å²) in [4.78, 5) is 13.9. The number of anilines is 1. The Morgan fingerprint density at radius 2 is 1.80 bits per heavy atom. The Bertz CT molecular complexity index is 935. The first-order valence-electron chi connectivity index (χ1n) is 7.80. The van der Waals surface area contributed by atoms with E-state index in [1.165, 1.54) is 17.4 Å².